The fourth-order valence-electron chi connectivity index (χ4n) is 3.85. The highest BCUT2D eigenvalue weighted by Gasteiger charge is 2.31. The van der Waals surface area contributed by atoms with Crippen molar-refractivity contribution in [3.05, 3.63) is 58.6 Å². The molecule has 29 heavy (non-hydrogen) atoms. The predicted octanol–water partition coefficient (Wildman–Crippen LogP) is 3.45. The summed E-state index contributed by atoms with van der Waals surface area (Å²) in [7, 11) is -3.64. The van der Waals surface area contributed by atoms with Gasteiger partial charge in [0.25, 0.3) is 0 Å². The quantitative estimate of drug-likeness (QED) is 0.654. The molecule has 1 fully saturated rings. The molecule has 4 rings (SSSR count). The van der Waals surface area contributed by atoms with Crippen LogP contribution in [0.2, 0.25) is 5.02 Å². The van der Waals surface area contributed by atoms with Crippen LogP contribution in [-0.4, -0.2) is 55.5 Å². The van der Waals surface area contributed by atoms with Crippen LogP contribution in [0.15, 0.2) is 52.3 Å². The Morgan fingerprint density at radius 3 is 2.48 bits per heavy atom. The van der Waals surface area contributed by atoms with E-state index in [1.165, 1.54) is 27.9 Å². The first-order valence-electron chi connectivity index (χ1n) is 9.72. The van der Waals surface area contributed by atoms with Crippen LogP contribution in [0.5, 0.6) is 0 Å². The first-order chi connectivity index (χ1) is 13.9. The number of halogens is 1. The molecule has 8 heteroatoms. The van der Waals surface area contributed by atoms with Gasteiger partial charge in [0.05, 0.1) is 10.8 Å². The summed E-state index contributed by atoms with van der Waals surface area (Å²) in [5.74, 6) is 0.418. The van der Waals surface area contributed by atoms with Gasteiger partial charge in [-0.1, -0.05) is 29.8 Å². The Hall–Kier alpha value is -1.54. The van der Waals surface area contributed by atoms with Crippen molar-refractivity contribution < 1.29 is 13.2 Å². The molecule has 1 amide bonds. The minimum atomic E-state index is -3.64. The van der Waals surface area contributed by atoms with E-state index < -0.39 is 10.0 Å². The number of aryl methyl sites for hydroxylation is 2. The Kier molecular flexibility index (Phi) is 6.20. The van der Waals surface area contributed by atoms with Crippen LogP contribution in [0.4, 0.5) is 0 Å². The van der Waals surface area contributed by atoms with Crippen LogP contribution in [0.1, 0.15) is 17.5 Å². The van der Waals surface area contributed by atoms with Crippen molar-refractivity contribution >= 4 is 39.3 Å². The van der Waals surface area contributed by atoms with Gasteiger partial charge in [0.15, 0.2) is 0 Å². The van der Waals surface area contributed by atoms with Crippen LogP contribution in [0.25, 0.3) is 0 Å². The molecule has 1 saturated heterocycles. The number of hydrogen-bond acceptors (Lipinski definition) is 4. The van der Waals surface area contributed by atoms with Gasteiger partial charge >= 0.3 is 0 Å². The molecule has 0 radical (unpaired) electrons. The van der Waals surface area contributed by atoms with Crippen molar-refractivity contribution in [3.8, 4) is 0 Å². The molecule has 2 aromatic carbocycles. The van der Waals surface area contributed by atoms with E-state index in [-0.39, 0.29) is 28.9 Å². The maximum atomic E-state index is 12.8. The minimum absolute atomic E-state index is 0.0466. The fourth-order valence-corrected chi connectivity index (χ4v) is 6.62. The Morgan fingerprint density at radius 2 is 1.72 bits per heavy atom. The first-order valence-corrected chi connectivity index (χ1v) is 12.5. The molecule has 0 N–H and O–H groups in total. The SMILES string of the molecule is O=C(CSc1ccc2c(c1)CCC2)N1CCN(S(=O)(=O)c2ccccc2Cl)CC1. The number of benzene rings is 2. The molecule has 0 bridgehead atoms. The Labute approximate surface area is 181 Å². The van der Waals surface area contributed by atoms with E-state index >= 15 is 0 Å². The summed E-state index contributed by atoms with van der Waals surface area (Å²) in [5.41, 5.74) is 2.83. The van der Waals surface area contributed by atoms with Gasteiger partial charge in [-0.05, 0) is 54.7 Å². The molecule has 0 unspecified atom stereocenters. The monoisotopic (exact) mass is 450 g/mol. The van der Waals surface area contributed by atoms with Crippen LogP contribution >= 0.6 is 23.4 Å². The van der Waals surface area contributed by atoms with E-state index in [4.69, 9.17) is 11.6 Å². The van der Waals surface area contributed by atoms with E-state index in [9.17, 15) is 13.2 Å². The molecule has 1 aliphatic carbocycles. The number of thioether (sulfide) groups is 1. The lowest BCUT2D eigenvalue weighted by atomic mass is 10.1. The third-order valence-electron chi connectivity index (χ3n) is 5.48. The van der Waals surface area contributed by atoms with E-state index in [1.807, 2.05) is 0 Å². The largest absolute Gasteiger partial charge is 0.339 e. The van der Waals surface area contributed by atoms with Gasteiger partial charge < -0.3 is 4.90 Å². The lowest BCUT2D eigenvalue weighted by Crippen LogP contribution is -2.51. The van der Waals surface area contributed by atoms with E-state index in [2.05, 4.69) is 18.2 Å². The molecule has 0 aromatic heterocycles. The molecule has 0 spiro atoms. The summed E-state index contributed by atoms with van der Waals surface area (Å²) >= 11 is 7.62. The van der Waals surface area contributed by atoms with Crippen LogP contribution in [-0.2, 0) is 27.7 Å². The summed E-state index contributed by atoms with van der Waals surface area (Å²) in [6.45, 7) is 1.35. The third-order valence-corrected chi connectivity index (χ3v) is 8.86. The summed E-state index contributed by atoms with van der Waals surface area (Å²) in [4.78, 5) is 15.6. The van der Waals surface area contributed by atoms with Gasteiger partial charge in [0, 0.05) is 31.1 Å². The molecule has 154 valence electrons. The molecule has 2 aliphatic rings. The molecular formula is C21H23ClN2O3S2. The topological polar surface area (TPSA) is 57.7 Å². The van der Waals surface area contributed by atoms with Gasteiger partial charge in [-0.3, -0.25) is 4.79 Å². The standard InChI is InChI=1S/C21H23ClN2O3S2/c22-19-6-1-2-7-20(19)29(26,27)24-12-10-23(11-13-24)21(25)15-28-18-9-8-16-4-3-5-17(16)14-18/h1-2,6-9,14H,3-5,10-13,15H2. The summed E-state index contributed by atoms with van der Waals surface area (Å²) in [5, 5.41) is 0.219. The number of fused-ring (bicyclic) bond motifs is 1. The second-order valence-corrected chi connectivity index (χ2v) is 10.7. The lowest BCUT2D eigenvalue weighted by molar-refractivity contribution is -0.129. The maximum absolute atomic E-state index is 12.8. The van der Waals surface area contributed by atoms with Gasteiger partial charge in [-0.2, -0.15) is 4.31 Å². The number of carbonyl (C=O) groups excluding carboxylic acids is 1. The van der Waals surface area contributed by atoms with Crippen LogP contribution in [0, 0.1) is 0 Å². The molecule has 0 atom stereocenters. The highest BCUT2D eigenvalue weighted by atomic mass is 35.5. The maximum Gasteiger partial charge on any atom is 0.244 e. The zero-order valence-corrected chi connectivity index (χ0v) is 18.4. The Balaban J connectivity index is 1.32. The molecular weight excluding hydrogens is 428 g/mol. The number of piperazine rings is 1. The van der Waals surface area contributed by atoms with E-state index in [1.54, 1.807) is 34.9 Å². The van der Waals surface area contributed by atoms with Gasteiger partial charge in [0.2, 0.25) is 15.9 Å². The number of rotatable bonds is 5. The van der Waals surface area contributed by atoms with Crippen LogP contribution < -0.4 is 0 Å². The Bertz CT molecular complexity index is 1020. The fraction of sp³-hybridized carbons (Fsp3) is 0.381. The molecule has 2 aromatic rings. The second-order valence-electron chi connectivity index (χ2n) is 7.29. The number of amides is 1. The minimum Gasteiger partial charge on any atom is -0.339 e. The van der Waals surface area contributed by atoms with Gasteiger partial charge in [-0.15, -0.1) is 11.8 Å². The number of hydrogen-bond donors (Lipinski definition) is 0. The number of carbonyl (C=O) groups is 1. The average molecular weight is 451 g/mol. The summed E-state index contributed by atoms with van der Waals surface area (Å²) in [6.07, 6.45) is 3.49. The molecule has 1 heterocycles. The zero-order chi connectivity index (χ0) is 20.4. The molecule has 0 saturated carbocycles. The lowest BCUT2D eigenvalue weighted by Gasteiger charge is -2.34. The zero-order valence-electron chi connectivity index (χ0n) is 16.0. The first kappa shape index (κ1) is 20.7. The second kappa shape index (κ2) is 8.68. The average Bonchev–Trinajstić information content (AvgIpc) is 3.20. The van der Waals surface area contributed by atoms with E-state index in [0.717, 1.165) is 17.7 Å². The summed E-state index contributed by atoms with van der Waals surface area (Å²) < 4.78 is 27.1. The van der Waals surface area contributed by atoms with E-state index in [0.29, 0.717) is 18.8 Å². The Morgan fingerprint density at radius 1 is 1.00 bits per heavy atom. The van der Waals surface area contributed by atoms with Crippen LogP contribution in [0.3, 0.4) is 0 Å². The van der Waals surface area contributed by atoms with Crippen molar-refractivity contribution in [3.63, 3.8) is 0 Å². The predicted molar refractivity (Wildman–Crippen MR) is 116 cm³/mol. The van der Waals surface area contributed by atoms with Crippen molar-refractivity contribution in [2.75, 3.05) is 31.9 Å². The van der Waals surface area contributed by atoms with Crippen molar-refractivity contribution in [2.24, 2.45) is 0 Å². The molecule has 1 aliphatic heterocycles. The van der Waals surface area contributed by atoms with Crippen molar-refractivity contribution in [2.45, 2.75) is 29.1 Å². The number of sulfonamides is 1. The smallest absolute Gasteiger partial charge is 0.244 e. The normalized spacial score (nSPS) is 17.3. The van der Waals surface area contributed by atoms with Gasteiger partial charge in [0.1, 0.15) is 4.90 Å². The highest BCUT2D eigenvalue weighted by Crippen LogP contribution is 2.28. The third kappa shape index (κ3) is 4.48. The highest BCUT2D eigenvalue weighted by molar-refractivity contribution is 8.00. The summed E-state index contributed by atoms with van der Waals surface area (Å²) in [6, 6.07) is 12.9. The van der Waals surface area contributed by atoms with Crippen molar-refractivity contribution in [1.29, 1.82) is 0 Å². The number of nitrogens with zero attached hydrogens (tertiary/aromatic N) is 2. The molecule has 5 nitrogen and oxygen atoms in total. The van der Waals surface area contributed by atoms with Gasteiger partial charge in [-0.25, -0.2) is 8.42 Å². The van der Waals surface area contributed by atoms with Crippen molar-refractivity contribution in [1.82, 2.24) is 9.21 Å².